The number of amides is 1. The number of aromatic nitrogens is 1. The number of carbonyl (C=O) groups excluding carboxylic acids is 1. The van der Waals surface area contributed by atoms with Crippen molar-refractivity contribution in [2.24, 2.45) is 10.9 Å². The minimum atomic E-state index is -3.63. The van der Waals surface area contributed by atoms with E-state index >= 15 is 0 Å². The zero-order chi connectivity index (χ0) is 26.4. The van der Waals surface area contributed by atoms with Crippen molar-refractivity contribution < 1.29 is 27.4 Å². The van der Waals surface area contributed by atoms with Crippen molar-refractivity contribution in [3.8, 4) is 11.5 Å². The van der Waals surface area contributed by atoms with Crippen LogP contribution < -0.4 is 14.3 Å². The minimum Gasteiger partial charge on any atom is -0.497 e. The molecule has 4 rings (SSSR count). The zero-order valence-electron chi connectivity index (χ0n) is 21.4. The van der Waals surface area contributed by atoms with E-state index in [0.29, 0.717) is 49.8 Å². The minimum absolute atomic E-state index is 0.217. The van der Waals surface area contributed by atoms with Crippen molar-refractivity contribution in [3.05, 3.63) is 47.3 Å². The number of ether oxygens (including phenoxy) is 3. The summed E-state index contributed by atoms with van der Waals surface area (Å²) in [5.74, 6) is 0.824. The molecule has 200 valence electrons. The largest absolute Gasteiger partial charge is 0.497 e. The highest BCUT2D eigenvalue weighted by atomic mass is 32.2. The number of nitrogens with zero attached hydrogens (tertiary/aromatic N) is 3. The van der Waals surface area contributed by atoms with Gasteiger partial charge in [-0.1, -0.05) is 11.3 Å². The van der Waals surface area contributed by atoms with Gasteiger partial charge in [0.2, 0.25) is 10.0 Å². The van der Waals surface area contributed by atoms with Crippen LogP contribution in [0.15, 0.2) is 52.4 Å². The monoisotopic (exact) mass is 547 g/mol. The molecule has 9 nitrogen and oxygen atoms in total. The predicted molar refractivity (Wildman–Crippen MR) is 143 cm³/mol. The maximum Gasteiger partial charge on any atom is 0.251 e. The van der Waals surface area contributed by atoms with E-state index in [-0.39, 0.29) is 29.8 Å². The Morgan fingerprint density at radius 3 is 2.41 bits per heavy atom. The lowest BCUT2D eigenvalue weighted by molar-refractivity contribution is -0.122. The Bertz CT molecular complexity index is 1390. The molecule has 0 N–H and O–H groups in total. The average molecular weight is 548 g/mol. The van der Waals surface area contributed by atoms with Gasteiger partial charge in [0.1, 0.15) is 11.5 Å². The van der Waals surface area contributed by atoms with Crippen LogP contribution in [-0.2, 0) is 26.1 Å². The first-order valence-corrected chi connectivity index (χ1v) is 14.7. The number of fused-ring (bicyclic) bond motifs is 1. The second-order valence-electron chi connectivity index (χ2n) is 8.60. The van der Waals surface area contributed by atoms with Crippen LogP contribution in [0.4, 0.5) is 0 Å². The summed E-state index contributed by atoms with van der Waals surface area (Å²) in [4.78, 5) is 18.5. The summed E-state index contributed by atoms with van der Waals surface area (Å²) in [6, 6.07) is 12.2. The molecule has 0 aliphatic carbocycles. The van der Waals surface area contributed by atoms with Gasteiger partial charge in [0.05, 0.1) is 35.4 Å². The Kier molecular flexibility index (Phi) is 9.01. The van der Waals surface area contributed by atoms with Gasteiger partial charge in [-0.2, -0.15) is 9.30 Å². The smallest absolute Gasteiger partial charge is 0.251 e. The molecule has 0 radical (unpaired) electrons. The highest BCUT2D eigenvalue weighted by Crippen LogP contribution is 2.27. The molecular formula is C26H33N3O6S2. The number of thiazole rings is 1. The van der Waals surface area contributed by atoms with Crippen molar-refractivity contribution in [1.29, 1.82) is 0 Å². The normalized spacial score (nSPS) is 15.8. The Balaban J connectivity index is 1.51. The first-order chi connectivity index (χ1) is 17.9. The molecule has 1 saturated heterocycles. The number of sulfonamides is 1. The highest BCUT2D eigenvalue weighted by Gasteiger charge is 2.32. The van der Waals surface area contributed by atoms with E-state index in [4.69, 9.17) is 14.2 Å². The summed E-state index contributed by atoms with van der Waals surface area (Å²) in [5, 5.41) is 0. The van der Waals surface area contributed by atoms with Crippen LogP contribution in [0.1, 0.15) is 26.7 Å². The standard InChI is InChI=1S/C26H33N3O6S2/c1-4-34-17-16-29-23-11-8-21(35-5-2)18-24(23)36-26(29)27-25(30)19-12-14-28(15-13-19)37(31,32)22-9-6-20(33-3)7-10-22/h6-11,18-19H,4-5,12-17H2,1-3H3. The Labute approximate surface area is 221 Å². The fraction of sp³-hybridized carbons (Fsp3) is 0.462. The summed E-state index contributed by atoms with van der Waals surface area (Å²) >= 11 is 1.44. The summed E-state index contributed by atoms with van der Waals surface area (Å²) in [5.41, 5.74) is 0.972. The number of rotatable bonds is 10. The van der Waals surface area contributed by atoms with Gasteiger partial charge >= 0.3 is 0 Å². The molecule has 0 unspecified atom stereocenters. The average Bonchev–Trinajstić information content (AvgIpc) is 3.25. The summed E-state index contributed by atoms with van der Waals surface area (Å²) in [6.45, 7) is 6.70. The van der Waals surface area contributed by atoms with E-state index in [2.05, 4.69) is 4.99 Å². The molecule has 0 atom stereocenters. The molecule has 1 aromatic heterocycles. The summed E-state index contributed by atoms with van der Waals surface area (Å²) < 4.78 is 46.8. The fourth-order valence-electron chi connectivity index (χ4n) is 4.34. The molecule has 1 fully saturated rings. The van der Waals surface area contributed by atoms with Crippen molar-refractivity contribution in [2.75, 3.05) is 40.0 Å². The molecule has 11 heteroatoms. The number of piperidine rings is 1. The van der Waals surface area contributed by atoms with Crippen LogP contribution in [0.25, 0.3) is 10.2 Å². The quantitative estimate of drug-likeness (QED) is 0.359. The first kappa shape index (κ1) is 27.3. The number of methoxy groups -OCH3 is 1. The molecule has 2 aromatic carbocycles. The van der Waals surface area contributed by atoms with Gasteiger partial charge in [0.25, 0.3) is 5.91 Å². The van der Waals surface area contributed by atoms with Crippen LogP contribution in [-0.4, -0.2) is 63.2 Å². The fourth-order valence-corrected chi connectivity index (χ4v) is 6.90. The van der Waals surface area contributed by atoms with Gasteiger partial charge in [-0.15, -0.1) is 0 Å². The lowest BCUT2D eigenvalue weighted by Crippen LogP contribution is -2.40. The van der Waals surface area contributed by atoms with E-state index in [0.717, 1.165) is 16.0 Å². The maximum absolute atomic E-state index is 13.2. The summed E-state index contributed by atoms with van der Waals surface area (Å²) in [7, 11) is -2.10. The Hall–Kier alpha value is -2.73. The van der Waals surface area contributed by atoms with Gasteiger partial charge in [-0.25, -0.2) is 8.42 Å². The molecule has 2 heterocycles. The van der Waals surface area contributed by atoms with Crippen molar-refractivity contribution in [2.45, 2.75) is 38.1 Å². The predicted octanol–water partition coefficient (Wildman–Crippen LogP) is 3.67. The third-order valence-electron chi connectivity index (χ3n) is 6.33. The molecule has 37 heavy (non-hydrogen) atoms. The zero-order valence-corrected chi connectivity index (χ0v) is 23.0. The van der Waals surface area contributed by atoms with Crippen LogP contribution in [0.5, 0.6) is 11.5 Å². The van der Waals surface area contributed by atoms with Gasteiger partial charge in [0, 0.05) is 32.2 Å². The lowest BCUT2D eigenvalue weighted by atomic mass is 9.98. The van der Waals surface area contributed by atoms with Crippen molar-refractivity contribution in [3.63, 3.8) is 0 Å². The lowest BCUT2D eigenvalue weighted by Gasteiger charge is -2.29. The first-order valence-electron chi connectivity index (χ1n) is 12.4. The van der Waals surface area contributed by atoms with Gasteiger partial charge < -0.3 is 18.8 Å². The van der Waals surface area contributed by atoms with Crippen molar-refractivity contribution in [1.82, 2.24) is 8.87 Å². The maximum atomic E-state index is 13.2. The third kappa shape index (κ3) is 6.23. The molecule has 1 aliphatic heterocycles. The van der Waals surface area contributed by atoms with Crippen LogP contribution >= 0.6 is 11.3 Å². The molecule has 1 aliphatic rings. The Morgan fingerprint density at radius 2 is 1.76 bits per heavy atom. The molecular weight excluding hydrogens is 514 g/mol. The van der Waals surface area contributed by atoms with E-state index in [1.807, 2.05) is 36.6 Å². The highest BCUT2D eigenvalue weighted by molar-refractivity contribution is 7.89. The molecule has 1 amide bonds. The van der Waals surface area contributed by atoms with Crippen LogP contribution in [0.2, 0.25) is 0 Å². The van der Waals surface area contributed by atoms with Crippen LogP contribution in [0.3, 0.4) is 0 Å². The van der Waals surface area contributed by atoms with E-state index in [9.17, 15) is 13.2 Å². The SMILES string of the molecule is CCOCCn1c(=NC(=O)C2CCN(S(=O)(=O)c3ccc(OC)cc3)CC2)sc2cc(OCC)ccc21. The van der Waals surface area contributed by atoms with Crippen LogP contribution in [0, 0.1) is 5.92 Å². The second kappa shape index (κ2) is 12.2. The third-order valence-corrected chi connectivity index (χ3v) is 9.29. The van der Waals surface area contributed by atoms with Crippen molar-refractivity contribution >= 4 is 37.5 Å². The van der Waals surface area contributed by atoms with E-state index in [1.54, 1.807) is 24.3 Å². The van der Waals surface area contributed by atoms with E-state index < -0.39 is 10.0 Å². The second-order valence-corrected chi connectivity index (χ2v) is 11.5. The Morgan fingerprint density at radius 1 is 1.05 bits per heavy atom. The molecule has 0 spiro atoms. The number of carbonyl (C=O) groups is 1. The van der Waals surface area contributed by atoms with Gasteiger partial charge in [-0.3, -0.25) is 4.79 Å². The van der Waals surface area contributed by atoms with Gasteiger partial charge in [-0.05, 0) is 69.2 Å². The van der Waals surface area contributed by atoms with Gasteiger partial charge in [0.15, 0.2) is 4.80 Å². The molecule has 0 saturated carbocycles. The molecule has 3 aromatic rings. The number of benzene rings is 2. The summed E-state index contributed by atoms with van der Waals surface area (Å²) in [6.07, 6.45) is 0.853. The molecule has 0 bridgehead atoms. The van der Waals surface area contributed by atoms with E-state index in [1.165, 1.54) is 22.8 Å². The number of hydrogen-bond donors (Lipinski definition) is 0. The number of hydrogen-bond acceptors (Lipinski definition) is 7. The topological polar surface area (TPSA) is 99.4 Å².